The second-order valence-electron chi connectivity index (χ2n) is 7.58. The van der Waals surface area contributed by atoms with E-state index in [4.69, 9.17) is 19.3 Å². The third-order valence-corrected chi connectivity index (χ3v) is 6.69. The molecule has 1 aromatic heterocycles. The van der Waals surface area contributed by atoms with Crippen molar-refractivity contribution in [3.05, 3.63) is 52.5 Å². The minimum Gasteiger partial charge on any atom is -0.497 e. The number of carbonyl (C=O) groups is 1. The number of rotatable bonds is 7. The first-order valence-electron chi connectivity index (χ1n) is 10.0. The van der Waals surface area contributed by atoms with E-state index in [1.165, 1.54) is 11.3 Å². The van der Waals surface area contributed by atoms with Crippen LogP contribution < -0.4 is 9.47 Å². The van der Waals surface area contributed by atoms with E-state index in [-0.39, 0.29) is 29.7 Å². The van der Waals surface area contributed by atoms with Crippen LogP contribution in [-0.4, -0.2) is 47.1 Å². The summed E-state index contributed by atoms with van der Waals surface area (Å²) in [6.07, 6.45) is 5.51. The lowest BCUT2D eigenvalue weighted by Crippen LogP contribution is -2.30. The normalized spacial score (nSPS) is 28.4. The van der Waals surface area contributed by atoms with Crippen molar-refractivity contribution in [1.29, 1.82) is 0 Å². The number of thiazole rings is 1. The monoisotopic (exact) mass is 431 g/mol. The molecule has 0 bridgehead atoms. The van der Waals surface area contributed by atoms with Crippen molar-refractivity contribution >= 4 is 17.3 Å². The van der Waals surface area contributed by atoms with Crippen molar-refractivity contribution < 1.29 is 29.2 Å². The Balaban J connectivity index is 1.33. The lowest BCUT2D eigenvalue weighted by Gasteiger charge is -2.33. The first kappa shape index (κ1) is 20.8. The van der Waals surface area contributed by atoms with Gasteiger partial charge in [-0.05, 0) is 30.9 Å². The summed E-state index contributed by atoms with van der Waals surface area (Å²) in [4.78, 5) is 15.2. The number of aromatic nitrogens is 1. The Bertz CT molecular complexity index is 913. The number of ether oxygens (including phenoxy) is 3. The summed E-state index contributed by atoms with van der Waals surface area (Å²) in [5.74, 6) is 0.717. The van der Waals surface area contributed by atoms with Crippen LogP contribution in [-0.2, 0) is 4.74 Å². The van der Waals surface area contributed by atoms with Gasteiger partial charge in [0, 0.05) is 23.8 Å². The van der Waals surface area contributed by atoms with E-state index < -0.39 is 12.1 Å². The summed E-state index contributed by atoms with van der Waals surface area (Å²) in [6.45, 7) is 0.411. The van der Waals surface area contributed by atoms with Gasteiger partial charge in [-0.15, -0.1) is 11.3 Å². The fourth-order valence-electron chi connectivity index (χ4n) is 4.30. The maximum absolute atomic E-state index is 11.1. The molecule has 1 saturated heterocycles. The number of methoxy groups -OCH3 is 1. The van der Waals surface area contributed by atoms with E-state index in [1.54, 1.807) is 12.5 Å². The molecule has 0 radical (unpaired) electrons. The minimum absolute atomic E-state index is 0.0238. The molecule has 0 unspecified atom stereocenters. The molecule has 1 aliphatic carbocycles. The Morgan fingerprint density at radius 2 is 2.20 bits per heavy atom. The summed E-state index contributed by atoms with van der Waals surface area (Å²) in [6, 6.07) is 7.45. The zero-order valence-electron chi connectivity index (χ0n) is 16.6. The molecule has 2 aliphatic rings. The SMILES string of the molecule is COc1cccc(OC/C=C/[C@@H]2[C@H]3CC[C@H](c4nc(C(=O)O)cs4)O[C@H]3C[C@H]2O)c1. The van der Waals surface area contributed by atoms with Crippen molar-refractivity contribution in [3.63, 3.8) is 0 Å². The average molecular weight is 432 g/mol. The van der Waals surface area contributed by atoms with Crippen molar-refractivity contribution in [2.24, 2.45) is 11.8 Å². The number of aliphatic hydroxyl groups is 1. The Morgan fingerprint density at radius 1 is 1.37 bits per heavy atom. The lowest BCUT2D eigenvalue weighted by atomic mass is 9.86. The number of aromatic carboxylic acids is 1. The average Bonchev–Trinajstić information content (AvgIpc) is 3.36. The number of hydrogen-bond donors (Lipinski definition) is 2. The van der Waals surface area contributed by atoms with Gasteiger partial charge in [0.2, 0.25) is 0 Å². The Labute approximate surface area is 178 Å². The zero-order chi connectivity index (χ0) is 21.1. The summed E-state index contributed by atoms with van der Waals surface area (Å²) < 4.78 is 17.1. The maximum atomic E-state index is 11.1. The molecule has 0 amide bonds. The van der Waals surface area contributed by atoms with Gasteiger partial charge in [0.1, 0.15) is 29.2 Å². The molecular formula is C22H25NO6S. The summed E-state index contributed by atoms with van der Waals surface area (Å²) in [5, 5.41) is 21.9. The highest BCUT2D eigenvalue weighted by atomic mass is 32.1. The van der Waals surface area contributed by atoms with Crippen molar-refractivity contribution in [3.8, 4) is 11.5 Å². The van der Waals surface area contributed by atoms with Gasteiger partial charge in [0.05, 0.1) is 19.3 Å². The molecule has 4 rings (SSSR count). The smallest absolute Gasteiger partial charge is 0.355 e. The molecular weight excluding hydrogens is 406 g/mol. The third-order valence-electron chi connectivity index (χ3n) is 5.75. The summed E-state index contributed by atoms with van der Waals surface area (Å²) in [7, 11) is 1.62. The summed E-state index contributed by atoms with van der Waals surface area (Å²) in [5.41, 5.74) is 0.0593. The molecule has 30 heavy (non-hydrogen) atoms. The van der Waals surface area contributed by atoms with Gasteiger partial charge in [-0.3, -0.25) is 0 Å². The lowest BCUT2D eigenvalue weighted by molar-refractivity contribution is -0.0767. The number of hydrogen-bond acceptors (Lipinski definition) is 7. The number of aliphatic hydroxyl groups excluding tert-OH is 1. The highest BCUT2D eigenvalue weighted by Gasteiger charge is 2.45. The molecule has 2 N–H and O–H groups in total. The number of benzene rings is 1. The molecule has 1 aliphatic heterocycles. The highest BCUT2D eigenvalue weighted by Crippen LogP contribution is 2.46. The van der Waals surface area contributed by atoms with E-state index in [0.717, 1.165) is 24.3 Å². The van der Waals surface area contributed by atoms with Crippen LogP contribution in [0.2, 0.25) is 0 Å². The van der Waals surface area contributed by atoms with Crippen LogP contribution in [0.3, 0.4) is 0 Å². The van der Waals surface area contributed by atoms with Gasteiger partial charge in [-0.1, -0.05) is 18.2 Å². The quantitative estimate of drug-likeness (QED) is 0.645. The van der Waals surface area contributed by atoms with Crippen LogP contribution >= 0.6 is 11.3 Å². The maximum Gasteiger partial charge on any atom is 0.355 e. The molecule has 2 heterocycles. The predicted molar refractivity (Wildman–Crippen MR) is 111 cm³/mol. The Kier molecular flexibility index (Phi) is 6.36. The minimum atomic E-state index is -1.02. The van der Waals surface area contributed by atoms with Crippen molar-refractivity contribution in [2.45, 2.75) is 37.6 Å². The Morgan fingerprint density at radius 3 is 2.97 bits per heavy atom. The van der Waals surface area contributed by atoms with Gasteiger partial charge in [0.25, 0.3) is 0 Å². The predicted octanol–water partition coefficient (Wildman–Crippen LogP) is 3.70. The third kappa shape index (κ3) is 4.50. The molecule has 2 aromatic rings. The first-order valence-corrected chi connectivity index (χ1v) is 10.9. The van der Waals surface area contributed by atoms with Crippen LogP contribution in [0, 0.1) is 11.8 Å². The van der Waals surface area contributed by atoms with Gasteiger partial charge < -0.3 is 24.4 Å². The fraction of sp³-hybridized carbons (Fsp3) is 0.455. The molecule has 0 spiro atoms. The van der Waals surface area contributed by atoms with Crippen LogP contribution in [0.25, 0.3) is 0 Å². The van der Waals surface area contributed by atoms with E-state index in [0.29, 0.717) is 18.0 Å². The molecule has 8 heteroatoms. The van der Waals surface area contributed by atoms with Crippen LogP contribution in [0.4, 0.5) is 0 Å². The molecule has 7 nitrogen and oxygen atoms in total. The molecule has 5 atom stereocenters. The van der Waals surface area contributed by atoms with Crippen molar-refractivity contribution in [2.75, 3.05) is 13.7 Å². The number of carboxylic acids is 1. The zero-order valence-corrected chi connectivity index (χ0v) is 17.5. The number of carboxylic acid groups (broad SMARTS) is 1. The number of nitrogens with zero attached hydrogens (tertiary/aromatic N) is 1. The van der Waals surface area contributed by atoms with Crippen LogP contribution in [0.15, 0.2) is 41.8 Å². The van der Waals surface area contributed by atoms with Gasteiger partial charge in [-0.2, -0.15) is 0 Å². The van der Waals surface area contributed by atoms with E-state index in [2.05, 4.69) is 4.98 Å². The van der Waals surface area contributed by atoms with Gasteiger partial charge >= 0.3 is 5.97 Å². The van der Waals surface area contributed by atoms with Crippen LogP contribution in [0.1, 0.15) is 40.9 Å². The van der Waals surface area contributed by atoms with E-state index >= 15 is 0 Å². The van der Waals surface area contributed by atoms with Gasteiger partial charge in [-0.25, -0.2) is 9.78 Å². The second-order valence-corrected chi connectivity index (χ2v) is 8.47. The molecule has 1 aromatic carbocycles. The Hall–Kier alpha value is -2.42. The van der Waals surface area contributed by atoms with Gasteiger partial charge in [0.15, 0.2) is 5.69 Å². The van der Waals surface area contributed by atoms with E-state index in [9.17, 15) is 9.90 Å². The molecule has 160 valence electrons. The van der Waals surface area contributed by atoms with Crippen molar-refractivity contribution in [1.82, 2.24) is 4.98 Å². The topological polar surface area (TPSA) is 98.1 Å². The first-order chi connectivity index (χ1) is 14.5. The largest absolute Gasteiger partial charge is 0.497 e. The molecule has 1 saturated carbocycles. The molecule has 2 fully saturated rings. The summed E-state index contributed by atoms with van der Waals surface area (Å²) >= 11 is 1.32. The van der Waals surface area contributed by atoms with Crippen LogP contribution in [0.5, 0.6) is 11.5 Å². The number of fused-ring (bicyclic) bond motifs is 1. The van der Waals surface area contributed by atoms with E-state index in [1.807, 2.05) is 36.4 Å². The highest BCUT2D eigenvalue weighted by molar-refractivity contribution is 7.09. The second kappa shape index (κ2) is 9.16. The standard InChI is InChI=1S/C22H25NO6S/c1-27-13-4-2-5-14(10-13)28-9-3-6-15-16-7-8-19(29-20(16)11-18(15)24)21-23-17(12-30-21)22(25)26/h2-6,10,12,15-16,18-20,24H,7-9,11H2,1H3,(H,25,26)/b6-3+/t15-,16-,18-,19-,20+/m1/s1. The fourth-order valence-corrected chi connectivity index (χ4v) is 5.16.